The minimum Gasteiger partial charge on any atom is -0.379 e. The standard InChI is InChI=1S/C19H32N4O2/c1-3-21-19(23-11-8-17-7-10-20-14-16(17)2)22-9-5-12-24-15-18-6-4-13-25-18/h7,10,14,18H,3-6,8-9,11-13,15H2,1-2H3,(H2,21,22,23). The molecule has 2 N–H and O–H groups in total. The predicted octanol–water partition coefficient (Wildman–Crippen LogP) is 2.07. The lowest BCUT2D eigenvalue weighted by molar-refractivity contribution is 0.0171. The van der Waals surface area contributed by atoms with Crippen molar-refractivity contribution in [1.82, 2.24) is 15.6 Å². The Bertz CT molecular complexity index is 516. The number of nitrogens with one attached hydrogen (secondary N) is 2. The van der Waals surface area contributed by atoms with Gasteiger partial charge in [-0.3, -0.25) is 9.98 Å². The maximum Gasteiger partial charge on any atom is 0.191 e. The van der Waals surface area contributed by atoms with Gasteiger partial charge in [0.1, 0.15) is 0 Å². The average Bonchev–Trinajstić information content (AvgIpc) is 3.13. The molecule has 0 radical (unpaired) electrons. The lowest BCUT2D eigenvalue weighted by Gasteiger charge is -2.12. The summed E-state index contributed by atoms with van der Waals surface area (Å²) in [5.41, 5.74) is 2.55. The van der Waals surface area contributed by atoms with Crippen molar-refractivity contribution in [1.29, 1.82) is 0 Å². The molecule has 2 rings (SSSR count). The molecule has 0 aromatic carbocycles. The molecule has 6 nitrogen and oxygen atoms in total. The maximum atomic E-state index is 5.67. The molecule has 140 valence electrons. The minimum absolute atomic E-state index is 0.305. The average molecular weight is 348 g/mol. The van der Waals surface area contributed by atoms with Crippen molar-refractivity contribution < 1.29 is 9.47 Å². The molecule has 1 aliphatic heterocycles. The first-order valence-corrected chi connectivity index (χ1v) is 9.40. The van der Waals surface area contributed by atoms with Crippen molar-refractivity contribution in [2.75, 3.05) is 39.5 Å². The molecule has 0 spiro atoms. The molecular formula is C19H32N4O2. The Balaban J connectivity index is 1.61. The van der Waals surface area contributed by atoms with Crippen molar-refractivity contribution in [3.05, 3.63) is 29.6 Å². The van der Waals surface area contributed by atoms with Crippen molar-refractivity contribution in [2.24, 2.45) is 4.99 Å². The molecule has 6 heteroatoms. The highest BCUT2D eigenvalue weighted by molar-refractivity contribution is 5.79. The number of pyridine rings is 1. The van der Waals surface area contributed by atoms with Crippen LogP contribution in [0.5, 0.6) is 0 Å². The first-order valence-electron chi connectivity index (χ1n) is 9.40. The van der Waals surface area contributed by atoms with Crippen molar-refractivity contribution in [3.63, 3.8) is 0 Å². The van der Waals surface area contributed by atoms with E-state index in [1.807, 2.05) is 12.4 Å². The summed E-state index contributed by atoms with van der Waals surface area (Å²) >= 11 is 0. The number of ether oxygens (including phenoxy) is 2. The number of hydrogen-bond acceptors (Lipinski definition) is 4. The molecule has 25 heavy (non-hydrogen) atoms. The summed E-state index contributed by atoms with van der Waals surface area (Å²) in [6, 6.07) is 2.08. The van der Waals surface area contributed by atoms with Crippen LogP contribution in [-0.2, 0) is 15.9 Å². The first-order chi connectivity index (χ1) is 12.3. The van der Waals surface area contributed by atoms with Crippen LogP contribution < -0.4 is 10.6 Å². The van der Waals surface area contributed by atoms with E-state index in [0.717, 1.165) is 64.5 Å². The van der Waals surface area contributed by atoms with E-state index in [0.29, 0.717) is 12.7 Å². The zero-order valence-electron chi connectivity index (χ0n) is 15.6. The van der Waals surface area contributed by atoms with Gasteiger partial charge in [0.05, 0.1) is 12.7 Å². The van der Waals surface area contributed by atoms with E-state index in [1.165, 1.54) is 11.1 Å². The van der Waals surface area contributed by atoms with E-state index < -0.39 is 0 Å². The SMILES string of the molecule is CCNC(=NCCCOCC1CCCO1)NCCc1ccncc1C. The number of guanidine groups is 1. The van der Waals surface area contributed by atoms with Crippen LogP contribution >= 0.6 is 0 Å². The van der Waals surface area contributed by atoms with Gasteiger partial charge in [0.2, 0.25) is 0 Å². The number of aromatic nitrogens is 1. The van der Waals surface area contributed by atoms with Gasteiger partial charge in [-0.05, 0) is 56.7 Å². The number of aryl methyl sites for hydroxylation is 1. The molecule has 1 atom stereocenters. The van der Waals surface area contributed by atoms with Gasteiger partial charge >= 0.3 is 0 Å². The van der Waals surface area contributed by atoms with Gasteiger partial charge in [-0.25, -0.2) is 0 Å². The van der Waals surface area contributed by atoms with Gasteiger partial charge in [0.15, 0.2) is 5.96 Å². The molecule has 2 heterocycles. The Morgan fingerprint density at radius 2 is 2.36 bits per heavy atom. The van der Waals surface area contributed by atoms with Crippen molar-refractivity contribution >= 4 is 5.96 Å². The summed E-state index contributed by atoms with van der Waals surface area (Å²) in [4.78, 5) is 8.74. The van der Waals surface area contributed by atoms with Gasteiger partial charge in [-0.15, -0.1) is 0 Å². The Morgan fingerprint density at radius 1 is 1.44 bits per heavy atom. The predicted molar refractivity (Wildman–Crippen MR) is 101 cm³/mol. The fourth-order valence-electron chi connectivity index (χ4n) is 2.79. The fraction of sp³-hybridized carbons (Fsp3) is 0.684. The highest BCUT2D eigenvalue weighted by Crippen LogP contribution is 2.11. The van der Waals surface area contributed by atoms with Gasteiger partial charge in [0.25, 0.3) is 0 Å². The molecule has 1 saturated heterocycles. The Labute approximate surface area is 151 Å². The summed E-state index contributed by atoms with van der Waals surface area (Å²) in [5, 5.41) is 6.67. The van der Waals surface area contributed by atoms with E-state index in [1.54, 1.807) is 0 Å². The summed E-state index contributed by atoms with van der Waals surface area (Å²) in [6.07, 6.45) is 8.23. The first kappa shape index (κ1) is 19.7. The third-order valence-corrected chi connectivity index (χ3v) is 4.21. The maximum absolute atomic E-state index is 5.67. The molecule has 0 amide bonds. The number of aliphatic imine (C=N–C) groups is 1. The van der Waals surface area contributed by atoms with Gasteiger partial charge in [0, 0.05) is 45.2 Å². The second-order valence-corrected chi connectivity index (χ2v) is 6.30. The third kappa shape index (κ3) is 7.84. The van der Waals surface area contributed by atoms with Crippen LogP contribution in [0.1, 0.15) is 37.3 Å². The Hall–Kier alpha value is -1.66. The fourth-order valence-corrected chi connectivity index (χ4v) is 2.79. The lowest BCUT2D eigenvalue weighted by Crippen LogP contribution is -2.38. The van der Waals surface area contributed by atoms with E-state index in [4.69, 9.17) is 9.47 Å². The van der Waals surface area contributed by atoms with E-state index >= 15 is 0 Å². The van der Waals surface area contributed by atoms with Crippen LogP contribution in [0.15, 0.2) is 23.5 Å². The zero-order valence-corrected chi connectivity index (χ0v) is 15.6. The summed E-state index contributed by atoms with van der Waals surface area (Å²) < 4.78 is 11.2. The molecular weight excluding hydrogens is 316 g/mol. The van der Waals surface area contributed by atoms with Crippen LogP contribution in [0.2, 0.25) is 0 Å². The molecule has 0 saturated carbocycles. The van der Waals surface area contributed by atoms with Gasteiger partial charge in [-0.2, -0.15) is 0 Å². The van der Waals surface area contributed by atoms with Crippen molar-refractivity contribution in [3.8, 4) is 0 Å². The smallest absolute Gasteiger partial charge is 0.191 e. The quantitative estimate of drug-likeness (QED) is 0.385. The van der Waals surface area contributed by atoms with E-state index in [-0.39, 0.29) is 0 Å². The second-order valence-electron chi connectivity index (χ2n) is 6.30. The molecule has 0 aliphatic carbocycles. The van der Waals surface area contributed by atoms with Crippen LogP contribution in [0.4, 0.5) is 0 Å². The number of nitrogens with zero attached hydrogens (tertiary/aromatic N) is 2. The van der Waals surface area contributed by atoms with Gasteiger partial charge < -0.3 is 20.1 Å². The van der Waals surface area contributed by atoms with Crippen LogP contribution in [0.3, 0.4) is 0 Å². The molecule has 1 fully saturated rings. The minimum atomic E-state index is 0.305. The second kappa shape index (κ2) is 11.8. The highest BCUT2D eigenvalue weighted by Gasteiger charge is 2.14. The van der Waals surface area contributed by atoms with Crippen LogP contribution in [0.25, 0.3) is 0 Å². The molecule has 0 bridgehead atoms. The van der Waals surface area contributed by atoms with E-state index in [9.17, 15) is 0 Å². The van der Waals surface area contributed by atoms with Crippen molar-refractivity contribution in [2.45, 2.75) is 45.6 Å². The molecule has 1 aromatic heterocycles. The van der Waals surface area contributed by atoms with Crippen LogP contribution in [0, 0.1) is 6.92 Å². The normalized spacial score (nSPS) is 17.7. The zero-order chi connectivity index (χ0) is 17.7. The number of rotatable bonds is 10. The Morgan fingerprint density at radius 3 is 3.12 bits per heavy atom. The Kier molecular flexibility index (Phi) is 9.29. The molecule has 1 aromatic rings. The van der Waals surface area contributed by atoms with Gasteiger partial charge in [-0.1, -0.05) is 0 Å². The summed E-state index contributed by atoms with van der Waals surface area (Å²) in [7, 11) is 0. The molecule has 1 aliphatic rings. The summed E-state index contributed by atoms with van der Waals surface area (Å²) in [5.74, 6) is 0.869. The summed E-state index contributed by atoms with van der Waals surface area (Å²) in [6.45, 7) is 8.98. The molecule has 1 unspecified atom stereocenters. The van der Waals surface area contributed by atoms with E-state index in [2.05, 4.69) is 40.5 Å². The largest absolute Gasteiger partial charge is 0.379 e. The lowest BCUT2D eigenvalue weighted by atomic mass is 10.1. The third-order valence-electron chi connectivity index (χ3n) is 4.21. The monoisotopic (exact) mass is 348 g/mol. The van der Waals surface area contributed by atoms with Crippen LogP contribution in [-0.4, -0.2) is 56.5 Å². The highest BCUT2D eigenvalue weighted by atomic mass is 16.5. The number of hydrogen-bond donors (Lipinski definition) is 2. The topological polar surface area (TPSA) is 67.8 Å².